The van der Waals surface area contributed by atoms with E-state index >= 15 is 0 Å². The summed E-state index contributed by atoms with van der Waals surface area (Å²) in [6.07, 6.45) is 8.19. The maximum Gasteiger partial charge on any atom is 0.203 e. The maximum atomic E-state index is 6.22. The number of hydrogen-bond donors (Lipinski definition) is 0. The van der Waals surface area contributed by atoms with Crippen molar-refractivity contribution in [2.24, 2.45) is 0 Å². The van der Waals surface area contributed by atoms with Gasteiger partial charge < -0.3 is 43.0 Å². The summed E-state index contributed by atoms with van der Waals surface area (Å²) in [5, 5.41) is 0.989. The van der Waals surface area contributed by atoms with Crippen LogP contribution in [0.3, 0.4) is 0 Å². The standard InChI is InChI=1S/C44H53N3O7S/c1-48-36-18-16-32(14-15-33-29-40(50-3)43(52-5)41(30-33)51-4)28-38(36)53-26-10-8-20-46-22-24-47(25-23-46)21-9-11-27-54-39-31-34(17-19-37(39)49-2)44-45-35-12-6-7-13-42(35)55-44/h6-7,12-19,28-31H,8-11,20-27H2,1-5H3/b15-14-. The predicted molar refractivity (Wildman–Crippen MR) is 222 cm³/mol. The number of benzene rings is 4. The highest BCUT2D eigenvalue weighted by Gasteiger charge is 2.17. The van der Waals surface area contributed by atoms with E-state index < -0.39 is 0 Å². The van der Waals surface area contributed by atoms with Gasteiger partial charge in [-0.1, -0.05) is 30.4 Å². The quantitative estimate of drug-likeness (QED) is 0.0566. The maximum absolute atomic E-state index is 6.22. The van der Waals surface area contributed by atoms with E-state index in [0.29, 0.717) is 30.5 Å². The lowest BCUT2D eigenvalue weighted by molar-refractivity contribution is 0.126. The predicted octanol–water partition coefficient (Wildman–Crippen LogP) is 8.81. The molecule has 0 N–H and O–H groups in total. The van der Waals surface area contributed by atoms with Crippen LogP contribution in [0.25, 0.3) is 32.9 Å². The minimum absolute atomic E-state index is 0.570. The van der Waals surface area contributed by atoms with Gasteiger partial charge in [0.05, 0.1) is 59.0 Å². The molecule has 292 valence electrons. The SMILES string of the molecule is COc1ccc(/C=C\c2cc(OC)c(OC)c(OC)c2)cc1OCCCCN1CCN(CCCCOc2cc(-c3nc4ccccc4s3)ccc2OC)CC1. The molecule has 0 amide bonds. The molecule has 0 aliphatic carbocycles. The first kappa shape index (κ1) is 39.7. The molecule has 0 bridgehead atoms. The number of unbranched alkanes of at least 4 members (excludes halogenated alkanes) is 2. The molecule has 6 rings (SSSR count). The molecular weight excluding hydrogens is 715 g/mol. The van der Waals surface area contributed by atoms with Gasteiger partial charge in [0.15, 0.2) is 34.5 Å². The second-order valence-electron chi connectivity index (χ2n) is 13.3. The highest BCUT2D eigenvalue weighted by molar-refractivity contribution is 7.21. The number of ether oxygens (including phenoxy) is 7. The first-order valence-corrected chi connectivity index (χ1v) is 19.7. The lowest BCUT2D eigenvalue weighted by atomic mass is 10.1. The molecule has 0 saturated carbocycles. The number of piperazine rings is 1. The molecule has 1 fully saturated rings. The van der Waals surface area contributed by atoms with Crippen LogP contribution in [0, 0.1) is 0 Å². The van der Waals surface area contributed by atoms with Crippen molar-refractivity contribution in [3.8, 4) is 50.8 Å². The number of methoxy groups -OCH3 is 5. The Morgan fingerprint density at radius 3 is 1.69 bits per heavy atom. The van der Waals surface area contributed by atoms with Gasteiger partial charge in [-0.3, -0.25) is 0 Å². The number of rotatable bonds is 20. The average Bonchev–Trinajstić information content (AvgIpc) is 3.67. The highest BCUT2D eigenvalue weighted by atomic mass is 32.1. The molecule has 1 aliphatic heterocycles. The summed E-state index contributed by atoms with van der Waals surface area (Å²) in [6, 6.07) is 24.1. The van der Waals surface area contributed by atoms with Gasteiger partial charge in [0.2, 0.25) is 5.75 Å². The molecule has 1 aliphatic rings. The Hall–Kier alpha value is -4.97. The molecule has 0 spiro atoms. The van der Waals surface area contributed by atoms with Gasteiger partial charge in [0, 0.05) is 31.7 Å². The van der Waals surface area contributed by atoms with Crippen molar-refractivity contribution >= 4 is 33.7 Å². The van der Waals surface area contributed by atoms with Gasteiger partial charge in [0.1, 0.15) is 5.01 Å². The van der Waals surface area contributed by atoms with Crippen LogP contribution >= 0.6 is 11.3 Å². The third-order valence-electron chi connectivity index (χ3n) is 9.76. The minimum atomic E-state index is 0.570. The van der Waals surface area contributed by atoms with Crippen molar-refractivity contribution in [3.63, 3.8) is 0 Å². The summed E-state index contributed by atoms with van der Waals surface area (Å²) in [4.78, 5) is 9.95. The van der Waals surface area contributed by atoms with Gasteiger partial charge in [-0.25, -0.2) is 4.98 Å². The van der Waals surface area contributed by atoms with E-state index in [1.54, 1.807) is 46.9 Å². The summed E-state index contributed by atoms with van der Waals surface area (Å²) in [5.74, 6) is 4.78. The van der Waals surface area contributed by atoms with Crippen LogP contribution in [0.15, 0.2) is 72.8 Å². The van der Waals surface area contributed by atoms with Crippen LogP contribution in [0.5, 0.6) is 40.2 Å². The Bertz CT molecular complexity index is 1950. The number of thiazole rings is 1. The van der Waals surface area contributed by atoms with Crippen LogP contribution in [-0.4, -0.2) is 103 Å². The molecule has 0 atom stereocenters. The second kappa shape index (κ2) is 20.1. The number of nitrogens with zero attached hydrogens (tertiary/aromatic N) is 3. The molecule has 55 heavy (non-hydrogen) atoms. The van der Waals surface area contributed by atoms with Crippen molar-refractivity contribution in [1.29, 1.82) is 0 Å². The van der Waals surface area contributed by atoms with E-state index in [0.717, 1.165) is 115 Å². The normalized spacial score (nSPS) is 13.6. The summed E-state index contributed by atoms with van der Waals surface area (Å²) in [7, 11) is 8.19. The zero-order chi connectivity index (χ0) is 38.4. The minimum Gasteiger partial charge on any atom is -0.493 e. The van der Waals surface area contributed by atoms with E-state index in [9.17, 15) is 0 Å². The van der Waals surface area contributed by atoms with Crippen LogP contribution < -0.4 is 33.2 Å². The molecule has 11 heteroatoms. The van der Waals surface area contributed by atoms with E-state index in [4.69, 9.17) is 38.1 Å². The summed E-state index contributed by atoms with van der Waals surface area (Å²) >= 11 is 1.69. The van der Waals surface area contributed by atoms with Gasteiger partial charge in [-0.05, 0) is 104 Å². The van der Waals surface area contributed by atoms with Crippen molar-refractivity contribution in [3.05, 3.63) is 83.9 Å². The molecular formula is C44H53N3O7S. The Labute approximate surface area is 329 Å². The van der Waals surface area contributed by atoms with Gasteiger partial charge in [-0.15, -0.1) is 11.3 Å². The smallest absolute Gasteiger partial charge is 0.203 e. The summed E-state index contributed by atoms with van der Waals surface area (Å²) in [5.41, 5.74) is 4.00. The topological polar surface area (TPSA) is 84.0 Å². The Morgan fingerprint density at radius 2 is 1.11 bits per heavy atom. The van der Waals surface area contributed by atoms with Gasteiger partial charge in [-0.2, -0.15) is 0 Å². The van der Waals surface area contributed by atoms with Crippen molar-refractivity contribution in [2.45, 2.75) is 25.7 Å². The highest BCUT2D eigenvalue weighted by Crippen LogP contribution is 2.39. The average molecular weight is 768 g/mol. The fraction of sp³-hybridized carbons (Fsp3) is 0.386. The fourth-order valence-electron chi connectivity index (χ4n) is 6.69. The first-order chi connectivity index (χ1) is 27.0. The van der Waals surface area contributed by atoms with Crippen molar-refractivity contribution < 1.29 is 33.2 Å². The third kappa shape index (κ3) is 10.6. The molecule has 10 nitrogen and oxygen atoms in total. The molecule has 4 aromatic carbocycles. The van der Waals surface area contributed by atoms with Crippen LogP contribution in [0.2, 0.25) is 0 Å². The van der Waals surface area contributed by atoms with Crippen molar-refractivity contribution in [2.75, 3.05) is 88.0 Å². The largest absolute Gasteiger partial charge is 0.493 e. The lowest BCUT2D eigenvalue weighted by Gasteiger charge is -2.34. The number of aromatic nitrogens is 1. The Kier molecular flexibility index (Phi) is 14.5. The first-order valence-electron chi connectivity index (χ1n) is 18.9. The lowest BCUT2D eigenvalue weighted by Crippen LogP contribution is -2.46. The molecule has 2 heterocycles. The van der Waals surface area contributed by atoms with E-state index in [2.05, 4.69) is 34.1 Å². The monoisotopic (exact) mass is 767 g/mol. The third-order valence-corrected chi connectivity index (χ3v) is 10.9. The molecule has 0 radical (unpaired) electrons. The van der Waals surface area contributed by atoms with Crippen LogP contribution in [0.4, 0.5) is 0 Å². The van der Waals surface area contributed by atoms with Gasteiger partial charge in [0.25, 0.3) is 0 Å². The number of hydrogen-bond acceptors (Lipinski definition) is 11. The molecule has 0 unspecified atom stereocenters. The summed E-state index contributed by atoms with van der Waals surface area (Å²) < 4.78 is 41.2. The Morgan fingerprint density at radius 1 is 0.564 bits per heavy atom. The van der Waals surface area contributed by atoms with Crippen LogP contribution in [-0.2, 0) is 0 Å². The fourth-order valence-corrected chi connectivity index (χ4v) is 7.66. The number of para-hydroxylation sites is 1. The molecule has 1 saturated heterocycles. The number of fused-ring (bicyclic) bond motifs is 1. The van der Waals surface area contributed by atoms with Gasteiger partial charge >= 0.3 is 0 Å². The zero-order valence-electron chi connectivity index (χ0n) is 32.7. The van der Waals surface area contributed by atoms with E-state index in [-0.39, 0.29) is 0 Å². The van der Waals surface area contributed by atoms with E-state index in [1.807, 2.05) is 60.7 Å². The Balaban J connectivity index is 0.877. The van der Waals surface area contributed by atoms with Crippen molar-refractivity contribution in [1.82, 2.24) is 14.8 Å². The van der Waals surface area contributed by atoms with E-state index in [1.165, 1.54) is 4.70 Å². The molecule has 5 aromatic rings. The second-order valence-corrected chi connectivity index (χ2v) is 14.4. The zero-order valence-corrected chi connectivity index (χ0v) is 33.5. The summed E-state index contributed by atoms with van der Waals surface area (Å²) in [6.45, 7) is 7.86. The van der Waals surface area contributed by atoms with Crippen LogP contribution in [0.1, 0.15) is 36.8 Å². The molecule has 1 aromatic heterocycles.